The van der Waals surface area contributed by atoms with E-state index in [1.807, 2.05) is 66.7 Å². The van der Waals surface area contributed by atoms with Crippen LogP contribution in [0.15, 0.2) is 80.6 Å². The van der Waals surface area contributed by atoms with Gasteiger partial charge in [-0.15, -0.1) is 0 Å². The van der Waals surface area contributed by atoms with Crippen LogP contribution in [0.25, 0.3) is 22.6 Å². The lowest BCUT2D eigenvalue weighted by Crippen LogP contribution is -1.79. The van der Waals surface area contributed by atoms with Gasteiger partial charge in [0.25, 0.3) is 0 Å². The largest absolute Gasteiger partial charge is 0.436 e. The van der Waals surface area contributed by atoms with E-state index in [0.717, 1.165) is 32.4 Å². The van der Waals surface area contributed by atoms with Gasteiger partial charge < -0.3 is 4.42 Å². The van der Waals surface area contributed by atoms with Crippen molar-refractivity contribution in [3.8, 4) is 11.5 Å². The zero-order chi connectivity index (χ0) is 17.2. The topological polar surface area (TPSA) is 38.4 Å². The summed E-state index contributed by atoms with van der Waals surface area (Å²) >= 11 is 9.42. The molecule has 0 unspecified atom stereocenters. The molecule has 0 aliphatic rings. The zero-order valence-electron chi connectivity index (χ0n) is 13.0. The highest BCUT2D eigenvalue weighted by Crippen LogP contribution is 2.28. The van der Waals surface area contributed by atoms with Crippen LogP contribution in [0.1, 0.15) is 5.56 Å². The molecule has 4 aromatic rings. The monoisotopic (exact) mass is 410 g/mol. The van der Waals surface area contributed by atoms with Crippen molar-refractivity contribution in [3.05, 3.63) is 81.8 Å². The van der Waals surface area contributed by atoms with E-state index in [1.54, 1.807) is 6.21 Å². The number of aliphatic imine (C=N–C) groups is 1. The van der Waals surface area contributed by atoms with Crippen LogP contribution in [0.3, 0.4) is 0 Å². The molecule has 0 spiro atoms. The Labute approximate surface area is 158 Å². The van der Waals surface area contributed by atoms with Crippen LogP contribution in [0.2, 0.25) is 5.02 Å². The third-order valence-corrected chi connectivity index (χ3v) is 4.44. The number of benzene rings is 3. The maximum Gasteiger partial charge on any atom is 0.227 e. The molecule has 0 radical (unpaired) electrons. The summed E-state index contributed by atoms with van der Waals surface area (Å²) in [6.07, 6.45) is 1.78. The van der Waals surface area contributed by atoms with E-state index in [0.29, 0.717) is 10.9 Å². The van der Waals surface area contributed by atoms with Gasteiger partial charge in [-0.2, -0.15) is 0 Å². The summed E-state index contributed by atoms with van der Waals surface area (Å²) in [6, 6.07) is 21.1. The molecule has 0 fully saturated rings. The fraction of sp³-hybridized carbons (Fsp3) is 0. The molecule has 0 saturated carbocycles. The third-order valence-electron chi connectivity index (χ3n) is 3.67. The number of hydrogen-bond donors (Lipinski definition) is 0. The summed E-state index contributed by atoms with van der Waals surface area (Å²) in [7, 11) is 0. The summed E-state index contributed by atoms with van der Waals surface area (Å²) in [5.41, 5.74) is 4.20. The van der Waals surface area contributed by atoms with Crippen LogP contribution < -0.4 is 0 Å². The Kier molecular flexibility index (Phi) is 4.38. The molecule has 122 valence electrons. The van der Waals surface area contributed by atoms with Gasteiger partial charge in [-0.1, -0.05) is 39.7 Å². The maximum absolute atomic E-state index is 5.99. The van der Waals surface area contributed by atoms with E-state index >= 15 is 0 Å². The first-order valence-electron chi connectivity index (χ1n) is 7.63. The van der Waals surface area contributed by atoms with E-state index in [9.17, 15) is 0 Å². The van der Waals surface area contributed by atoms with Crippen molar-refractivity contribution in [3.63, 3.8) is 0 Å². The molecular weight excluding hydrogens is 400 g/mol. The molecule has 0 saturated heterocycles. The van der Waals surface area contributed by atoms with Gasteiger partial charge in [-0.3, -0.25) is 4.99 Å². The van der Waals surface area contributed by atoms with Gasteiger partial charge in [0, 0.05) is 21.3 Å². The predicted molar refractivity (Wildman–Crippen MR) is 106 cm³/mol. The van der Waals surface area contributed by atoms with Gasteiger partial charge in [-0.05, 0) is 60.2 Å². The molecule has 0 aliphatic carbocycles. The second-order valence-corrected chi connectivity index (χ2v) is 6.84. The van der Waals surface area contributed by atoms with Gasteiger partial charge in [0.2, 0.25) is 5.89 Å². The molecule has 0 N–H and O–H groups in total. The van der Waals surface area contributed by atoms with Gasteiger partial charge >= 0.3 is 0 Å². The van der Waals surface area contributed by atoms with Crippen molar-refractivity contribution < 1.29 is 4.42 Å². The number of rotatable bonds is 3. The number of aromatic nitrogens is 1. The standard InChI is InChI=1S/C20H12BrClN2O/c21-15-6-4-14(5-7-15)20-24-18-11-17(8-9-19(18)25-20)23-12-13-2-1-3-16(22)10-13/h1-12H. The molecule has 0 bridgehead atoms. The number of oxazole rings is 1. The average molecular weight is 412 g/mol. The van der Waals surface area contributed by atoms with Crippen LogP contribution >= 0.6 is 27.5 Å². The first-order chi connectivity index (χ1) is 12.2. The summed E-state index contributed by atoms with van der Waals surface area (Å²) in [6.45, 7) is 0. The first kappa shape index (κ1) is 16.1. The normalized spacial score (nSPS) is 11.4. The summed E-state index contributed by atoms with van der Waals surface area (Å²) in [4.78, 5) is 9.06. The fourth-order valence-corrected chi connectivity index (χ4v) is 2.91. The van der Waals surface area contributed by atoms with Gasteiger partial charge in [0.1, 0.15) is 5.52 Å². The summed E-state index contributed by atoms with van der Waals surface area (Å²) in [5.74, 6) is 0.596. The Morgan fingerprint density at radius 2 is 1.84 bits per heavy atom. The van der Waals surface area contributed by atoms with Crippen molar-refractivity contribution >= 4 is 50.5 Å². The van der Waals surface area contributed by atoms with Crippen LogP contribution in [-0.4, -0.2) is 11.2 Å². The maximum atomic E-state index is 5.99. The van der Waals surface area contributed by atoms with Crippen molar-refractivity contribution in [1.29, 1.82) is 0 Å². The number of nitrogens with zero attached hydrogens (tertiary/aromatic N) is 2. The molecule has 0 atom stereocenters. The minimum atomic E-state index is 0.596. The molecule has 0 aliphatic heterocycles. The van der Waals surface area contributed by atoms with E-state index in [4.69, 9.17) is 16.0 Å². The van der Waals surface area contributed by atoms with E-state index in [2.05, 4.69) is 25.9 Å². The summed E-state index contributed by atoms with van der Waals surface area (Å²) in [5, 5.41) is 0.690. The highest BCUT2D eigenvalue weighted by Gasteiger charge is 2.08. The third kappa shape index (κ3) is 3.65. The lowest BCUT2D eigenvalue weighted by atomic mass is 10.2. The Hall–Kier alpha value is -2.43. The quantitative estimate of drug-likeness (QED) is 0.353. The second kappa shape index (κ2) is 6.82. The molecule has 0 amide bonds. The van der Waals surface area contributed by atoms with Crippen molar-refractivity contribution in [2.24, 2.45) is 4.99 Å². The van der Waals surface area contributed by atoms with Crippen molar-refractivity contribution in [2.45, 2.75) is 0 Å². The molecule has 3 nitrogen and oxygen atoms in total. The lowest BCUT2D eigenvalue weighted by Gasteiger charge is -1.95. The Morgan fingerprint density at radius 1 is 1.00 bits per heavy atom. The van der Waals surface area contributed by atoms with Crippen LogP contribution in [0, 0.1) is 0 Å². The van der Waals surface area contributed by atoms with Crippen molar-refractivity contribution in [1.82, 2.24) is 4.98 Å². The van der Waals surface area contributed by atoms with Crippen molar-refractivity contribution in [2.75, 3.05) is 0 Å². The zero-order valence-corrected chi connectivity index (χ0v) is 15.3. The van der Waals surface area contributed by atoms with Gasteiger partial charge in [0.05, 0.1) is 5.69 Å². The average Bonchev–Trinajstić information content (AvgIpc) is 3.04. The number of fused-ring (bicyclic) bond motifs is 1. The molecule has 4 rings (SSSR count). The van der Waals surface area contributed by atoms with Gasteiger partial charge in [0.15, 0.2) is 5.58 Å². The number of hydrogen-bond acceptors (Lipinski definition) is 3. The smallest absolute Gasteiger partial charge is 0.227 e. The van der Waals surface area contributed by atoms with Gasteiger partial charge in [-0.25, -0.2) is 4.98 Å². The van der Waals surface area contributed by atoms with E-state index < -0.39 is 0 Å². The first-order valence-corrected chi connectivity index (χ1v) is 8.81. The molecule has 1 heterocycles. The fourth-order valence-electron chi connectivity index (χ4n) is 2.45. The molecule has 1 aromatic heterocycles. The SMILES string of the molecule is Clc1cccc(C=Nc2ccc3oc(-c4ccc(Br)cc4)nc3c2)c1. The molecule has 5 heteroatoms. The molecular formula is C20H12BrClN2O. The Balaban J connectivity index is 1.65. The lowest BCUT2D eigenvalue weighted by molar-refractivity contribution is 0.620. The Morgan fingerprint density at radius 3 is 2.64 bits per heavy atom. The van der Waals surface area contributed by atoms with E-state index in [1.165, 1.54) is 0 Å². The highest BCUT2D eigenvalue weighted by molar-refractivity contribution is 9.10. The Bertz CT molecular complexity index is 1070. The summed E-state index contributed by atoms with van der Waals surface area (Å²) < 4.78 is 6.85. The highest BCUT2D eigenvalue weighted by atomic mass is 79.9. The van der Waals surface area contributed by atoms with Crippen LogP contribution in [0.5, 0.6) is 0 Å². The van der Waals surface area contributed by atoms with Crippen LogP contribution in [-0.2, 0) is 0 Å². The number of halogens is 2. The minimum Gasteiger partial charge on any atom is -0.436 e. The van der Waals surface area contributed by atoms with Crippen LogP contribution in [0.4, 0.5) is 5.69 Å². The minimum absolute atomic E-state index is 0.596. The predicted octanol–water partition coefficient (Wildman–Crippen LogP) is 6.66. The second-order valence-electron chi connectivity index (χ2n) is 5.49. The molecule has 3 aromatic carbocycles. The van der Waals surface area contributed by atoms with E-state index in [-0.39, 0.29) is 0 Å². The molecule has 25 heavy (non-hydrogen) atoms.